The molecule has 1 fully saturated rings. The van der Waals surface area contributed by atoms with E-state index >= 15 is 0 Å². The van der Waals surface area contributed by atoms with Crippen LogP contribution in [-0.4, -0.2) is 70.3 Å². The summed E-state index contributed by atoms with van der Waals surface area (Å²) in [5.74, 6) is 1.02. The maximum atomic E-state index is 12.8. The van der Waals surface area contributed by atoms with Crippen LogP contribution in [0.2, 0.25) is 0 Å². The smallest absolute Gasteiger partial charge is 0.326 e. The van der Waals surface area contributed by atoms with Crippen molar-refractivity contribution in [3.8, 4) is 5.75 Å². The van der Waals surface area contributed by atoms with Gasteiger partial charge in [0, 0.05) is 20.2 Å². The van der Waals surface area contributed by atoms with Gasteiger partial charge in [-0.05, 0) is 58.4 Å². The van der Waals surface area contributed by atoms with Gasteiger partial charge in [0.25, 0.3) is 0 Å². The summed E-state index contributed by atoms with van der Waals surface area (Å²) < 4.78 is 25.6. The molecule has 3 aromatic rings. The molecule has 4 N–H and O–H groups in total. The number of nitrogen functional groups attached to an aromatic ring is 1. The number of imidazole rings is 1. The van der Waals surface area contributed by atoms with Gasteiger partial charge in [-0.2, -0.15) is 14.8 Å². The summed E-state index contributed by atoms with van der Waals surface area (Å²) in [6.07, 6.45) is 5.74. The van der Waals surface area contributed by atoms with Gasteiger partial charge in [0.05, 0.1) is 19.0 Å². The number of hydrogen-bond donors (Lipinski definition) is 3. The standard InChI is InChI=1S/C26H39N8O5PS/c1-17(34-16-28-21-22(33(4)32-41-6)29-25(27)30-23(21)34)14-20(36-5)15-37-40(39-19-10-8-7-9-11-19)31-26(2,3)24(35)38-18-12-13-18/h7-11,16-18,20,31-32H,12-15H2,1-6H3,(H2,27,29,30). The molecule has 2 aromatic heterocycles. The molecule has 0 amide bonds. The molecule has 1 saturated carbocycles. The lowest BCUT2D eigenvalue weighted by Gasteiger charge is -2.30. The SMILES string of the molecule is COC(COP(NC(C)(C)C(=O)OC1CC1)Oc1ccccc1)CC(C)n1cnc2c(N(C)NSC)nc(N)nc21. The van der Waals surface area contributed by atoms with Crippen molar-refractivity contribution in [1.82, 2.24) is 29.4 Å². The van der Waals surface area contributed by atoms with Gasteiger partial charge in [-0.3, -0.25) is 9.80 Å². The molecule has 4 rings (SSSR count). The van der Waals surface area contributed by atoms with E-state index in [4.69, 9.17) is 24.3 Å². The molecule has 224 valence electrons. The second kappa shape index (κ2) is 14.0. The molecule has 2 heterocycles. The van der Waals surface area contributed by atoms with Crippen LogP contribution in [0.15, 0.2) is 36.7 Å². The van der Waals surface area contributed by atoms with Gasteiger partial charge in [0.2, 0.25) is 5.95 Å². The quantitative estimate of drug-likeness (QED) is 0.0934. The molecule has 0 bridgehead atoms. The van der Waals surface area contributed by atoms with E-state index in [0.717, 1.165) is 12.8 Å². The van der Waals surface area contributed by atoms with E-state index in [1.165, 1.54) is 11.9 Å². The van der Waals surface area contributed by atoms with Gasteiger partial charge >= 0.3 is 14.5 Å². The number of nitrogens with two attached hydrogens (primary N) is 1. The Kier molecular flexibility index (Phi) is 10.6. The van der Waals surface area contributed by atoms with Crippen LogP contribution in [-0.2, 0) is 18.8 Å². The maximum Gasteiger partial charge on any atom is 0.326 e. The van der Waals surface area contributed by atoms with E-state index in [1.807, 2.05) is 55.1 Å². The predicted octanol–water partition coefficient (Wildman–Crippen LogP) is 3.99. The number of rotatable bonds is 16. The minimum atomic E-state index is -1.72. The third-order valence-corrected chi connectivity index (χ3v) is 8.33. The summed E-state index contributed by atoms with van der Waals surface area (Å²) in [5.41, 5.74) is 6.28. The molecular formula is C26H39N8O5PS. The topological polar surface area (TPSA) is 151 Å². The number of carbonyl (C=O) groups is 1. The van der Waals surface area contributed by atoms with Crippen LogP contribution in [0.5, 0.6) is 5.75 Å². The van der Waals surface area contributed by atoms with Crippen molar-refractivity contribution in [2.45, 2.75) is 63.8 Å². The zero-order valence-corrected chi connectivity index (χ0v) is 25.9. The summed E-state index contributed by atoms with van der Waals surface area (Å²) in [6.45, 7) is 5.79. The number of nitrogens with zero attached hydrogens (tertiary/aromatic N) is 5. The van der Waals surface area contributed by atoms with Crippen LogP contribution in [0, 0.1) is 0 Å². The highest BCUT2D eigenvalue weighted by Crippen LogP contribution is 2.39. The highest BCUT2D eigenvalue weighted by molar-refractivity contribution is 7.96. The normalized spacial score (nSPS) is 15.9. The van der Waals surface area contributed by atoms with E-state index < -0.39 is 14.1 Å². The zero-order valence-electron chi connectivity index (χ0n) is 24.2. The molecule has 13 nitrogen and oxygen atoms in total. The number of hydrazine groups is 1. The van der Waals surface area contributed by atoms with Crippen molar-refractivity contribution in [2.75, 3.05) is 37.8 Å². The molecule has 3 atom stereocenters. The maximum absolute atomic E-state index is 12.8. The molecule has 0 radical (unpaired) electrons. The Hall–Kier alpha value is -2.74. The summed E-state index contributed by atoms with van der Waals surface area (Å²) in [4.78, 5) is 29.3. The predicted molar refractivity (Wildman–Crippen MR) is 161 cm³/mol. The molecule has 41 heavy (non-hydrogen) atoms. The van der Waals surface area contributed by atoms with E-state index in [-0.39, 0.29) is 36.8 Å². The number of methoxy groups -OCH3 is 1. The highest BCUT2D eigenvalue weighted by Gasteiger charge is 2.38. The van der Waals surface area contributed by atoms with E-state index in [1.54, 1.807) is 32.3 Å². The molecule has 0 aliphatic heterocycles. The lowest BCUT2D eigenvalue weighted by atomic mass is 10.1. The van der Waals surface area contributed by atoms with E-state index in [2.05, 4.69) is 24.9 Å². The molecular weight excluding hydrogens is 567 g/mol. The average molecular weight is 607 g/mol. The molecule has 1 aromatic carbocycles. The first-order chi connectivity index (χ1) is 19.6. The van der Waals surface area contributed by atoms with Crippen molar-refractivity contribution >= 4 is 49.4 Å². The monoisotopic (exact) mass is 606 g/mol. The van der Waals surface area contributed by atoms with Gasteiger partial charge in [-0.1, -0.05) is 30.1 Å². The second-order valence-electron chi connectivity index (χ2n) is 10.3. The highest BCUT2D eigenvalue weighted by atomic mass is 32.2. The van der Waals surface area contributed by atoms with Crippen LogP contribution in [0.3, 0.4) is 0 Å². The second-order valence-corrected chi connectivity index (χ2v) is 12.1. The van der Waals surface area contributed by atoms with Gasteiger partial charge in [-0.25, -0.2) is 10.1 Å². The molecule has 1 aliphatic carbocycles. The number of ether oxygens (including phenoxy) is 2. The fraction of sp³-hybridized carbons (Fsp3) is 0.538. The van der Waals surface area contributed by atoms with Crippen LogP contribution >= 0.6 is 20.5 Å². The van der Waals surface area contributed by atoms with Crippen molar-refractivity contribution < 1.29 is 23.3 Å². The number of carbonyl (C=O) groups excluding carboxylic acids is 1. The molecule has 3 unspecified atom stereocenters. The number of benzene rings is 1. The number of hydrogen-bond acceptors (Lipinski definition) is 13. The Balaban J connectivity index is 1.45. The van der Waals surface area contributed by atoms with Crippen molar-refractivity contribution in [3.63, 3.8) is 0 Å². The molecule has 1 aliphatic rings. The van der Waals surface area contributed by atoms with Crippen molar-refractivity contribution in [2.24, 2.45) is 0 Å². The first-order valence-corrected chi connectivity index (χ1v) is 15.7. The summed E-state index contributed by atoms with van der Waals surface area (Å²) in [7, 11) is 1.76. The number of para-hydroxylation sites is 1. The van der Waals surface area contributed by atoms with E-state index in [0.29, 0.717) is 29.2 Å². The van der Waals surface area contributed by atoms with Gasteiger partial charge in [0.1, 0.15) is 17.4 Å². The molecule has 0 saturated heterocycles. The van der Waals surface area contributed by atoms with Gasteiger partial charge in [-0.15, -0.1) is 0 Å². The minimum Gasteiger partial charge on any atom is -0.461 e. The molecule has 0 spiro atoms. The fourth-order valence-electron chi connectivity index (χ4n) is 3.95. The first kappa shape index (κ1) is 31.2. The van der Waals surface area contributed by atoms with Crippen LogP contribution in [0.1, 0.15) is 46.1 Å². The Morgan fingerprint density at radius 2 is 2.02 bits per heavy atom. The van der Waals surface area contributed by atoms with Crippen LogP contribution in [0.4, 0.5) is 11.8 Å². The lowest BCUT2D eigenvalue weighted by Crippen LogP contribution is -2.46. The van der Waals surface area contributed by atoms with Crippen molar-refractivity contribution in [1.29, 1.82) is 0 Å². The van der Waals surface area contributed by atoms with Crippen molar-refractivity contribution in [3.05, 3.63) is 36.7 Å². The Morgan fingerprint density at radius 3 is 2.68 bits per heavy atom. The third-order valence-electron chi connectivity index (χ3n) is 6.37. The lowest BCUT2D eigenvalue weighted by molar-refractivity contribution is -0.150. The van der Waals surface area contributed by atoms with Gasteiger partial charge in [0.15, 0.2) is 17.0 Å². The van der Waals surface area contributed by atoms with E-state index in [9.17, 15) is 4.79 Å². The largest absolute Gasteiger partial charge is 0.461 e. The van der Waals surface area contributed by atoms with Crippen LogP contribution in [0.25, 0.3) is 11.2 Å². The number of esters is 1. The third kappa shape index (κ3) is 8.40. The van der Waals surface area contributed by atoms with Crippen LogP contribution < -0.4 is 25.2 Å². The summed E-state index contributed by atoms with van der Waals surface area (Å²) in [5, 5.41) is 4.98. The Labute approximate surface area is 245 Å². The zero-order chi connectivity index (χ0) is 29.6. The first-order valence-electron chi connectivity index (χ1n) is 13.3. The fourth-order valence-corrected chi connectivity index (χ4v) is 5.63. The summed E-state index contributed by atoms with van der Waals surface area (Å²) in [6, 6.07) is 9.27. The minimum absolute atomic E-state index is 0.00303. The number of nitrogens with one attached hydrogen (secondary N) is 2. The molecule has 15 heteroatoms. The summed E-state index contributed by atoms with van der Waals surface area (Å²) >= 11 is 1.43. The number of fused-ring (bicyclic) bond motifs is 1. The average Bonchev–Trinajstić information content (AvgIpc) is 3.66. The Morgan fingerprint density at radius 1 is 1.29 bits per heavy atom. The Bertz CT molecular complexity index is 1300. The number of aromatic nitrogens is 4. The van der Waals surface area contributed by atoms with Gasteiger partial charge < -0.3 is 28.8 Å². The number of anilines is 2.